The van der Waals surface area contributed by atoms with Crippen LogP contribution in [0, 0.1) is 6.92 Å². The largest absolute Gasteiger partial charge is 0.383 e. The summed E-state index contributed by atoms with van der Waals surface area (Å²) in [4.78, 5) is 8.23. The second-order valence-corrected chi connectivity index (χ2v) is 3.87. The van der Waals surface area contributed by atoms with Crippen LogP contribution in [0.1, 0.15) is 12.2 Å². The van der Waals surface area contributed by atoms with E-state index in [1.807, 2.05) is 13.0 Å². The molecular formula is C10H16ClN3O. The zero-order valence-electron chi connectivity index (χ0n) is 9.03. The van der Waals surface area contributed by atoms with Gasteiger partial charge < -0.3 is 10.1 Å². The molecule has 0 fully saturated rings. The van der Waals surface area contributed by atoms with E-state index in [0.29, 0.717) is 6.61 Å². The summed E-state index contributed by atoms with van der Waals surface area (Å²) in [5.41, 5.74) is 0. The Kier molecular flexibility index (Phi) is 5.36. The van der Waals surface area contributed by atoms with Gasteiger partial charge in [0.1, 0.15) is 11.6 Å². The van der Waals surface area contributed by atoms with Crippen LogP contribution in [0.4, 0.5) is 5.82 Å². The molecule has 0 aliphatic carbocycles. The quantitative estimate of drug-likeness (QED) is 0.757. The Morgan fingerprint density at radius 3 is 3.07 bits per heavy atom. The third-order valence-corrected chi connectivity index (χ3v) is 2.23. The Labute approximate surface area is 95.0 Å². The van der Waals surface area contributed by atoms with Crippen LogP contribution in [-0.2, 0) is 4.74 Å². The SMILES string of the molecule is COCC(Cl)CCNc1ccnc(C)n1. The molecule has 0 saturated carbocycles. The number of anilines is 1. The van der Waals surface area contributed by atoms with Crippen LogP contribution in [-0.4, -0.2) is 35.6 Å². The first-order valence-electron chi connectivity index (χ1n) is 4.89. The van der Waals surface area contributed by atoms with Crippen LogP contribution in [0.5, 0.6) is 0 Å². The van der Waals surface area contributed by atoms with E-state index in [9.17, 15) is 0 Å². The van der Waals surface area contributed by atoms with Gasteiger partial charge in [0.05, 0.1) is 12.0 Å². The van der Waals surface area contributed by atoms with Gasteiger partial charge in [-0.3, -0.25) is 0 Å². The van der Waals surface area contributed by atoms with Gasteiger partial charge in [0.25, 0.3) is 0 Å². The number of aryl methyl sites for hydroxylation is 1. The Morgan fingerprint density at radius 2 is 2.40 bits per heavy atom. The molecule has 1 unspecified atom stereocenters. The molecule has 0 radical (unpaired) electrons. The number of hydrogen-bond acceptors (Lipinski definition) is 4. The Morgan fingerprint density at radius 1 is 1.60 bits per heavy atom. The molecule has 0 aromatic carbocycles. The lowest BCUT2D eigenvalue weighted by atomic mass is 10.3. The molecule has 0 aliphatic rings. The molecule has 15 heavy (non-hydrogen) atoms. The topological polar surface area (TPSA) is 47.0 Å². The smallest absolute Gasteiger partial charge is 0.129 e. The van der Waals surface area contributed by atoms with Crippen molar-refractivity contribution in [3.8, 4) is 0 Å². The molecule has 0 aliphatic heterocycles. The first-order valence-corrected chi connectivity index (χ1v) is 5.32. The zero-order valence-corrected chi connectivity index (χ0v) is 9.79. The van der Waals surface area contributed by atoms with Gasteiger partial charge >= 0.3 is 0 Å². The highest BCUT2D eigenvalue weighted by atomic mass is 35.5. The number of ether oxygens (including phenoxy) is 1. The van der Waals surface area contributed by atoms with Crippen LogP contribution in [0.2, 0.25) is 0 Å². The second-order valence-electron chi connectivity index (χ2n) is 3.26. The maximum Gasteiger partial charge on any atom is 0.129 e. The van der Waals surface area contributed by atoms with E-state index in [1.165, 1.54) is 0 Å². The molecule has 1 rings (SSSR count). The number of aromatic nitrogens is 2. The van der Waals surface area contributed by atoms with Crippen molar-refractivity contribution < 1.29 is 4.74 Å². The van der Waals surface area contributed by atoms with E-state index in [1.54, 1.807) is 13.3 Å². The van der Waals surface area contributed by atoms with Crippen molar-refractivity contribution in [3.63, 3.8) is 0 Å². The van der Waals surface area contributed by atoms with E-state index in [2.05, 4.69) is 15.3 Å². The molecule has 1 heterocycles. The molecular weight excluding hydrogens is 214 g/mol. The van der Waals surface area contributed by atoms with Gasteiger partial charge in [0.2, 0.25) is 0 Å². The van der Waals surface area contributed by atoms with Crippen molar-refractivity contribution in [2.45, 2.75) is 18.7 Å². The van der Waals surface area contributed by atoms with Crippen molar-refractivity contribution in [2.75, 3.05) is 25.6 Å². The molecule has 1 aromatic rings. The standard InChI is InChI=1S/C10H16ClN3O/c1-8-12-6-4-10(14-8)13-5-3-9(11)7-15-2/h4,6,9H,3,5,7H2,1-2H3,(H,12,13,14). The Balaban J connectivity index is 2.25. The lowest BCUT2D eigenvalue weighted by Crippen LogP contribution is -2.14. The summed E-state index contributed by atoms with van der Waals surface area (Å²) < 4.78 is 4.94. The van der Waals surface area contributed by atoms with Crippen molar-refractivity contribution in [1.29, 1.82) is 0 Å². The predicted octanol–water partition coefficient (Wildman–Crippen LogP) is 1.84. The predicted molar refractivity (Wildman–Crippen MR) is 61.4 cm³/mol. The van der Waals surface area contributed by atoms with Gasteiger partial charge in [-0.05, 0) is 19.4 Å². The number of rotatable bonds is 6. The van der Waals surface area contributed by atoms with Gasteiger partial charge in [0, 0.05) is 19.9 Å². The maximum atomic E-state index is 5.98. The van der Waals surface area contributed by atoms with Crippen LogP contribution < -0.4 is 5.32 Å². The highest BCUT2D eigenvalue weighted by molar-refractivity contribution is 6.20. The monoisotopic (exact) mass is 229 g/mol. The molecule has 84 valence electrons. The maximum absolute atomic E-state index is 5.98. The van der Waals surface area contributed by atoms with Crippen molar-refractivity contribution in [3.05, 3.63) is 18.1 Å². The molecule has 0 saturated heterocycles. The average Bonchev–Trinajstić information content (AvgIpc) is 2.18. The second kappa shape index (κ2) is 6.58. The van der Waals surface area contributed by atoms with Crippen molar-refractivity contribution in [2.24, 2.45) is 0 Å². The number of nitrogens with one attached hydrogen (secondary N) is 1. The number of alkyl halides is 1. The van der Waals surface area contributed by atoms with Crippen LogP contribution in [0.25, 0.3) is 0 Å². The van der Waals surface area contributed by atoms with Crippen LogP contribution in [0.15, 0.2) is 12.3 Å². The van der Waals surface area contributed by atoms with Gasteiger partial charge in [-0.15, -0.1) is 11.6 Å². The first kappa shape index (κ1) is 12.2. The van der Waals surface area contributed by atoms with Crippen molar-refractivity contribution in [1.82, 2.24) is 9.97 Å². The van der Waals surface area contributed by atoms with Gasteiger partial charge in [-0.1, -0.05) is 0 Å². The lowest BCUT2D eigenvalue weighted by Gasteiger charge is -2.09. The van der Waals surface area contributed by atoms with Crippen LogP contribution in [0.3, 0.4) is 0 Å². The lowest BCUT2D eigenvalue weighted by molar-refractivity contribution is 0.196. The van der Waals surface area contributed by atoms with E-state index in [-0.39, 0.29) is 5.38 Å². The zero-order chi connectivity index (χ0) is 11.1. The minimum atomic E-state index is 0.0467. The van der Waals surface area contributed by atoms with Gasteiger partial charge in [-0.25, -0.2) is 9.97 Å². The van der Waals surface area contributed by atoms with Gasteiger partial charge in [-0.2, -0.15) is 0 Å². The highest BCUT2D eigenvalue weighted by Gasteiger charge is 2.03. The summed E-state index contributed by atoms with van der Waals surface area (Å²) in [7, 11) is 1.65. The molecule has 0 spiro atoms. The summed E-state index contributed by atoms with van der Waals surface area (Å²) in [6.07, 6.45) is 2.58. The summed E-state index contributed by atoms with van der Waals surface area (Å²) in [6.45, 7) is 3.22. The third-order valence-electron chi connectivity index (χ3n) is 1.89. The first-order chi connectivity index (χ1) is 7.22. The molecule has 0 bridgehead atoms. The van der Waals surface area contributed by atoms with Crippen LogP contribution >= 0.6 is 11.6 Å². The van der Waals surface area contributed by atoms with E-state index >= 15 is 0 Å². The van der Waals surface area contributed by atoms with E-state index in [0.717, 1.165) is 24.6 Å². The number of methoxy groups -OCH3 is 1. The summed E-state index contributed by atoms with van der Waals surface area (Å²) in [5.74, 6) is 1.60. The van der Waals surface area contributed by atoms with Crippen molar-refractivity contribution >= 4 is 17.4 Å². The summed E-state index contributed by atoms with van der Waals surface area (Å²) in [6, 6.07) is 1.84. The fraction of sp³-hybridized carbons (Fsp3) is 0.600. The normalized spacial score (nSPS) is 12.5. The van der Waals surface area contributed by atoms with E-state index < -0.39 is 0 Å². The van der Waals surface area contributed by atoms with Gasteiger partial charge in [0.15, 0.2) is 0 Å². The molecule has 1 N–H and O–H groups in total. The molecule has 4 nitrogen and oxygen atoms in total. The highest BCUT2D eigenvalue weighted by Crippen LogP contribution is 2.05. The third kappa shape index (κ3) is 4.95. The molecule has 1 atom stereocenters. The molecule has 1 aromatic heterocycles. The fourth-order valence-electron chi connectivity index (χ4n) is 1.18. The average molecular weight is 230 g/mol. The molecule has 0 amide bonds. The Bertz CT molecular complexity index is 296. The summed E-state index contributed by atoms with van der Waals surface area (Å²) >= 11 is 5.98. The number of hydrogen-bond donors (Lipinski definition) is 1. The number of nitrogens with zero attached hydrogens (tertiary/aromatic N) is 2. The fourth-order valence-corrected chi connectivity index (χ4v) is 1.41. The Hall–Kier alpha value is -0.870. The molecule has 5 heteroatoms. The van der Waals surface area contributed by atoms with E-state index in [4.69, 9.17) is 16.3 Å². The minimum absolute atomic E-state index is 0.0467. The summed E-state index contributed by atoms with van der Waals surface area (Å²) in [5, 5.41) is 3.23. The minimum Gasteiger partial charge on any atom is -0.383 e. The number of halogens is 1.